The molecule has 1 atom stereocenters. The summed E-state index contributed by atoms with van der Waals surface area (Å²) in [5.74, 6) is -0.217. The van der Waals surface area contributed by atoms with Crippen LogP contribution in [0.2, 0.25) is 0 Å². The number of sulfonamides is 1. The number of nitrogens with two attached hydrogens (primary N) is 2. The number of aryl methyl sites for hydroxylation is 1. The van der Waals surface area contributed by atoms with Gasteiger partial charge in [0.2, 0.25) is 21.8 Å². The zero-order valence-corrected chi connectivity index (χ0v) is 24.8. The number of amides is 2. The number of nitrogens with zero attached hydrogens (tertiary/aromatic N) is 1. The molecule has 0 bridgehead atoms. The van der Waals surface area contributed by atoms with E-state index in [-0.39, 0.29) is 29.4 Å². The van der Waals surface area contributed by atoms with Gasteiger partial charge in [0.15, 0.2) is 17.5 Å². The summed E-state index contributed by atoms with van der Waals surface area (Å²) in [6, 6.07) is 18.0. The van der Waals surface area contributed by atoms with Gasteiger partial charge in [-0.25, -0.2) is 18.5 Å². The molecule has 0 aliphatic carbocycles. The molecule has 0 saturated heterocycles. The lowest BCUT2D eigenvalue weighted by Crippen LogP contribution is -2.40. The molecule has 0 unspecified atom stereocenters. The average Bonchev–Trinajstić information content (AvgIpc) is 3.35. The van der Waals surface area contributed by atoms with E-state index in [0.29, 0.717) is 22.6 Å². The van der Waals surface area contributed by atoms with Crippen molar-refractivity contribution in [1.82, 2.24) is 5.32 Å². The zero-order valence-electron chi connectivity index (χ0n) is 23.2. The fourth-order valence-electron chi connectivity index (χ4n) is 4.22. The van der Waals surface area contributed by atoms with Crippen molar-refractivity contribution in [1.29, 1.82) is 0 Å². The van der Waals surface area contributed by atoms with Gasteiger partial charge < -0.3 is 20.5 Å². The summed E-state index contributed by atoms with van der Waals surface area (Å²) in [4.78, 5) is 31.3. The second-order valence-electron chi connectivity index (χ2n) is 9.41. The number of hydrogen-bond acceptors (Lipinski definition) is 8. The third kappa shape index (κ3) is 7.63. The number of benzene rings is 3. The Bertz CT molecular complexity index is 1730. The molecule has 2 amide bonds. The van der Waals surface area contributed by atoms with Gasteiger partial charge in [-0.1, -0.05) is 30.3 Å². The molecule has 11 nitrogen and oxygen atoms in total. The van der Waals surface area contributed by atoms with Crippen molar-refractivity contribution < 1.29 is 27.5 Å². The van der Waals surface area contributed by atoms with E-state index in [1.807, 2.05) is 30.3 Å². The van der Waals surface area contributed by atoms with Crippen molar-refractivity contribution in [2.24, 2.45) is 15.9 Å². The molecule has 3 aromatic carbocycles. The van der Waals surface area contributed by atoms with Gasteiger partial charge in [0.1, 0.15) is 6.04 Å². The van der Waals surface area contributed by atoms with Crippen LogP contribution in [0.1, 0.15) is 16.0 Å². The number of fused-ring (bicyclic) bond motifs is 1. The van der Waals surface area contributed by atoms with Gasteiger partial charge in [0, 0.05) is 21.7 Å². The van der Waals surface area contributed by atoms with E-state index >= 15 is 0 Å². The number of thiophene rings is 1. The number of aliphatic imine (C=N–C) groups is 1. The largest absolute Gasteiger partial charge is 0.493 e. The van der Waals surface area contributed by atoms with E-state index in [2.05, 4.69) is 15.6 Å². The minimum Gasteiger partial charge on any atom is -0.493 e. The van der Waals surface area contributed by atoms with Crippen molar-refractivity contribution in [3.05, 3.63) is 82.7 Å². The van der Waals surface area contributed by atoms with Crippen LogP contribution in [-0.2, 0) is 32.5 Å². The Balaban J connectivity index is 1.57. The van der Waals surface area contributed by atoms with E-state index < -0.39 is 27.9 Å². The SMILES string of the molecule is COc1ccc(CC(=O)NC(N)=N[C@H](Cc2cc3ccccc3s2)C(=O)Nc2cc(S(N)(=O)=O)ccc2C)cc1OC. The molecule has 220 valence electrons. The first kappa shape index (κ1) is 30.5. The van der Waals surface area contributed by atoms with Crippen molar-refractivity contribution >= 4 is 54.9 Å². The van der Waals surface area contributed by atoms with Gasteiger partial charge in [0.25, 0.3) is 0 Å². The fourth-order valence-corrected chi connectivity index (χ4v) is 5.86. The Morgan fingerprint density at radius 1 is 1.00 bits per heavy atom. The van der Waals surface area contributed by atoms with Gasteiger partial charge >= 0.3 is 0 Å². The van der Waals surface area contributed by atoms with Crippen LogP contribution >= 0.6 is 11.3 Å². The predicted molar refractivity (Wildman–Crippen MR) is 164 cm³/mol. The zero-order chi connectivity index (χ0) is 30.4. The third-order valence-corrected chi connectivity index (χ3v) is 8.39. The van der Waals surface area contributed by atoms with Crippen LogP contribution in [0, 0.1) is 6.92 Å². The molecule has 1 aromatic heterocycles. The first-order valence-corrected chi connectivity index (χ1v) is 15.1. The molecule has 4 rings (SSSR count). The normalized spacial score (nSPS) is 12.5. The maximum atomic E-state index is 13.5. The van der Waals surface area contributed by atoms with Gasteiger partial charge in [-0.05, 0) is 59.8 Å². The quantitative estimate of drug-likeness (QED) is 0.158. The summed E-state index contributed by atoms with van der Waals surface area (Å²) in [5.41, 5.74) is 7.64. The van der Waals surface area contributed by atoms with Gasteiger partial charge in [0.05, 0.1) is 25.5 Å². The van der Waals surface area contributed by atoms with Gasteiger partial charge in [-0.3, -0.25) is 14.9 Å². The molecular weight excluding hydrogens is 578 g/mol. The number of rotatable bonds is 10. The van der Waals surface area contributed by atoms with Crippen molar-refractivity contribution in [3.8, 4) is 11.5 Å². The highest BCUT2D eigenvalue weighted by atomic mass is 32.2. The van der Waals surface area contributed by atoms with Crippen LogP contribution < -0.4 is 31.0 Å². The standard InChI is InChI=1S/C29H31N5O6S2/c1-17-8-10-21(42(31,37)38)16-22(17)32-28(36)23(15-20-14-19-6-4-5-7-26(19)41-20)33-29(30)34-27(35)13-18-9-11-24(39-2)25(12-18)40-3/h4-12,14,16,23H,13,15H2,1-3H3,(H,32,36)(H2,31,37,38)(H3,30,33,34,35)/t23-/m1/s1. The van der Waals surface area contributed by atoms with E-state index in [1.165, 1.54) is 37.7 Å². The summed E-state index contributed by atoms with van der Waals surface area (Å²) < 4.78 is 35.3. The van der Waals surface area contributed by atoms with Crippen molar-refractivity contribution in [2.45, 2.75) is 30.7 Å². The molecule has 0 aliphatic heterocycles. The molecule has 6 N–H and O–H groups in total. The summed E-state index contributed by atoms with van der Waals surface area (Å²) in [5, 5.41) is 11.6. The lowest BCUT2D eigenvalue weighted by Gasteiger charge is -2.16. The molecule has 1 heterocycles. The molecule has 0 spiro atoms. The molecule has 0 aliphatic rings. The molecule has 13 heteroatoms. The second kappa shape index (κ2) is 13.0. The molecular formula is C29H31N5O6S2. The van der Waals surface area contributed by atoms with E-state index in [0.717, 1.165) is 15.0 Å². The smallest absolute Gasteiger partial charge is 0.249 e. The Morgan fingerprint density at radius 2 is 1.74 bits per heavy atom. The summed E-state index contributed by atoms with van der Waals surface area (Å²) >= 11 is 1.51. The van der Waals surface area contributed by atoms with E-state index in [9.17, 15) is 18.0 Å². The molecule has 42 heavy (non-hydrogen) atoms. The Morgan fingerprint density at radius 3 is 2.43 bits per heavy atom. The molecule has 0 saturated carbocycles. The number of carbonyl (C=O) groups is 2. The fraction of sp³-hybridized carbons (Fsp3) is 0.207. The number of hydrogen-bond donors (Lipinski definition) is 4. The highest BCUT2D eigenvalue weighted by Crippen LogP contribution is 2.29. The summed E-state index contributed by atoms with van der Waals surface area (Å²) in [6.07, 6.45) is 0.161. The van der Waals surface area contributed by atoms with Crippen LogP contribution in [0.4, 0.5) is 5.69 Å². The highest BCUT2D eigenvalue weighted by molar-refractivity contribution is 7.89. The number of guanidine groups is 1. The lowest BCUT2D eigenvalue weighted by atomic mass is 10.1. The number of nitrogens with one attached hydrogen (secondary N) is 2. The number of primary sulfonamides is 1. The van der Waals surface area contributed by atoms with Crippen LogP contribution in [-0.4, -0.2) is 46.5 Å². The number of methoxy groups -OCH3 is 2. The summed E-state index contributed by atoms with van der Waals surface area (Å²) in [6.45, 7) is 1.72. The second-order valence-corrected chi connectivity index (χ2v) is 12.1. The van der Waals surface area contributed by atoms with E-state index in [1.54, 1.807) is 31.2 Å². The Kier molecular flexibility index (Phi) is 9.45. The highest BCUT2D eigenvalue weighted by Gasteiger charge is 2.22. The van der Waals surface area contributed by atoms with Gasteiger partial charge in [-0.15, -0.1) is 11.3 Å². The monoisotopic (exact) mass is 609 g/mol. The Labute approximate surface area is 247 Å². The lowest BCUT2D eigenvalue weighted by molar-refractivity contribution is -0.119. The topological polar surface area (TPSA) is 175 Å². The minimum absolute atomic E-state index is 0.0245. The number of carbonyl (C=O) groups excluding carboxylic acids is 2. The molecule has 4 aromatic rings. The van der Waals surface area contributed by atoms with Crippen molar-refractivity contribution in [2.75, 3.05) is 19.5 Å². The van der Waals surface area contributed by atoms with Crippen LogP contribution in [0.5, 0.6) is 11.5 Å². The molecule has 0 fully saturated rings. The number of anilines is 1. The number of ether oxygens (including phenoxy) is 2. The van der Waals surface area contributed by atoms with E-state index in [4.69, 9.17) is 20.3 Å². The third-order valence-electron chi connectivity index (χ3n) is 6.34. The predicted octanol–water partition coefficient (Wildman–Crippen LogP) is 3.10. The van der Waals surface area contributed by atoms with Crippen molar-refractivity contribution in [3.63, 3.8) is 0 Å². The maximum absolute atomic E-state index is 13.5. The average molecular weight is 610 g/mol. The molecule has 0 radical (unpaired) electrons. The first-order valence-electron chi connectivity index (χ1n) is 12.7. The first-order chi connectivity index (χ1) is 20.0. The maximum Gasteiger partial charge on any atom is 0.249 e. The van der Waals surface area contributed by atoms with Crippen LogP contribution in [0.3, 0.4) is 0 Å². The Hall–Kier alpha value is -4.46. The summed E-state index contributed by atoms with van der Waals surface area (Å²) in [7, 11) is -0.968. The van der Waals surface area contributed by atoms with Gasteiger partial charge in [-0.2, -0.15) is 0 Å². The van der Waals surface area contributed by atoms with Crippen LogP contribution in [0.15, 0.2) is 76.6 Å². The van der Waals surface area contributed by atoms with Crippen LogP contribution in [0.25, 0.3) is 10.1 Å². The minimum atomic E-state index is -3.99.